The van der Waals surface area contributed by atoms with Crippen LogP contribution in [0.3, 0.4) is 0 Å². The number of aryl methyl sites for hydroxylation is 3. The number of amides is 2. The molecule has 4 rings (SSSR count). The standard InChI is InChI=1S/C26H31N5O4/c1-29(2)22(32)18-8-10-20-16(14-18)6-7-17-15-19(23(33)30(3)4)9-11-21(17)26(20,12-13-27)24-28-25(34)35-31(24)5/h8-11,14-15H,6-7,12-13,27H2,1-5H3. The Labute approximate surface area is 204 Å². The molecule has 0 aliphatic heterocycles. The second-order valence-corrected chi connectivity index (χ2v) is 9.38. The van der Waals surface area contributed by atoms with Crippen LogP contribution in [0.25, 0.3) is 0 Å². The van der Waals surface area contributed by atoms with Gasteiger partial charge < -0.3 is 20.1 Å². The Bertz CT molecular complexity index is 1280. The number of nitrogens with zero attached hydrogens (tertiary/aromatic N) is 4. The van der Waals surface area contributed by atoms with Crippen LogP contribution in [0.1, 0.15) is 55.2 Å². The molecule has 1 heterocycles. The van der Waals surface area contributed by atoms with Gasteiger partial charge >= 0.3 is 5.76 Å². The SMILES string of the molecule is CN(C)C(=O)c1ccc2c(c1)CCc1cc(C(=O)N(C)C)ccc1C2(CCN)c1nc(=O)on1C. The number of fused-ring (bicyclic) bond motifs is 2. The average molecular weight is 478 g/mol. The maximum atomic E-state index is 12.7. The summed E-state index contributed by atoms with van der Waals surface area (Å²) in [5.74, 6) is -0.431. The lowest BCUT2D eigenvalue weighted by molar-refractivity contribution is 0.0820. The Morgan fingerprint density at radius 2 is 1.46 bits per heavy atom. The molecule has 2 aromatic carbocycles. The largest absolute Gasteiger partial charge is 0.459 e. The van der Waals surface area contributed by atoms with Gasteiger partial charge in [-0.15, -0.1) is 0 Å². The Kier molecular flexibility index (Phi) is 6.38. The summed E-state index contributed by atoms with van der Waals surface area (Å²) in [7, 11) is 8.53. The van der Waals surface area contributed by atoms with Crippen LogP contribution in [0.5, 0.6) is 0 Å². The minimum Gasteiger partial charge on any atom is -0.345 e. The molecule has 0 atom stereocenters. The fraction of sp³-hybridized carbons (Fsp3) is 0.385. The van der Waals surface area contributed by atoms with Crippen molar-refractivity contribution in [2.24, 2.45) is 12.8 Å². The maximum Gasteiger partial charge on any atom is 0.459 e. The highest BCUT2D eigenvalue weighted by Gasteiger charge is 2.45. The van der Waals surface area contributed by atoms with Crippen molar-refractivity contribution in [2.45, 2.75) is 24.7 Å². The molecule has 0 fully saturated rings. The van der Waals surface area contributed by atoms with Gasteiger partial charge in [0.05, 0.1) is 5.41 Å². The van der Waals surface area contributed by atoms with E-state index in [0.717, 1.165) is 22.3 Å². The molecular formula is C26H31N5O4. The van der Waals surface area contributed by atoms with Crippen molar-refractivity contribution in [3.63, 3.8) is 0 Å². The summed E-state index contributed by atoms with van der Waals surface area (Å²) in [4.78, 5) is 45.0. The highest BCUT2D eigenvalue weighted by molar-refractivity contribution is 5.95. The van der Waals surface area contributed by atoms with Crippen LogP contribution in [-0.4, -0.2) is 66.1 Å². The summed E-state index contributed by atoms with van der Waals surface area (Å²) in [5, 5.41) is 0. The molecule has 2 amide bonds. The van der Waals surface area contributed by atoms with Gasteiger partial charge in [-0.25, -0.2) is 4.79 Å². The first-order valence-corrected chi connectivity index (χ1v) is 11.5. The number of aromatic nitrogens is 2. The number of hydrogen-bond donors (Lipinski definition) is 1. The fourth-order valence-corrected chi connectivity index (χ4v) is 5.17. The van der Waals surface area contributed by atoms with Crippen LogP contribution in [0.15, 0.2) is 45.7 Å². The fourth-order valence-electron chi connectivity index (χ4n) is 5.17. The van der Waals surface area contributed by atoms with Gasteiger partial charge in [0.25, 0.3) is 11.8 Å². The molecule has 0 bridgehead atoms. The molecule has 0 spiro atoms. The average Bonchev–Trinajstić information content (AvgIpc) is 3.10. The molecule has 9 heteroatoms. The predicted octanol–water partition coefficient (Wildman–Crippen LogP) is 1.56. The van der Waals surface area contributed by atoms with E-state index >= 15 is 0 Å². The Morgan fingerprint density at radius 3 is 1.83 bits per heavy atom. The van der Waals surface area contributed by atoms with Crippen LogP contribution in [0, 0.1) is 0 Å². The zero-order chi connectivity index (χ0) is 25.5. The van der Waals surface area contributed by atoms with Crippen LogP contribution < -0.4 is 11.5 Å². The molecule has 1 aliphatic carbocycles. The van der Waals surface area contributed by atoms with E-state index in [4.69, 9.17) is 10.3 Å². The van der Waals surface area contributed by atoms with Gasteiger partial charge in [0.1, 0.15) is 0 Å². The molecule has 35 heavy (non-hydrogen) atoms. The Balaban J connectivity index is 2.05. The lowest BCUT2D eigenvalue weighted by atomic mass is 9.69. The van der Waals surface area contributed by atoms with E-state index in [2.05, 4.69) is 4.98 Å². The van der Waals surface area contributed by atoms with Crippen molar-refractivity contribution in [2.75, 3.05) is 34.7 Å². The first-order chi connectivity index (χ1) is 16.6. The third-order valence-electron chi connectivity index (χ3n) is 6.71. The highest BCUT2D eigenvalue weighted by Crippen LogP contribution is 2.46. The van der Waals surface area contributed by atoms with Gasteiger partial charge in [-0.05, 0) is 72.3 Å². The molecule has 184 valence electrons. The summed E-state index contributed by atoms with van der Waals surface area (Å²) in [6, 6.07) is 11.3. The molecule has 1 aliphatic rings. The van der Waals surface area contributed by atoms with E-state index in [1.807, 2.05) is 24.3 Å². The number of hydrogen-bond acceptors (Lipinski definition) is 6. The monoisotopic (exact) mass is 477 g/mol. The third-order valence-corrected chi connectivity index (χ3v) is 6.71. The van der Waals surface area contributed by atoms with Crippen molar-refractivity contribution in [3.8, 4) is 0 Å². The molecular weight excluding hydrogens is 446 g/mol. The van der Waals surface area contributed by atoms with E-state index in [0.29, 0.717) is 42.8 Å². The van der Waals surface area contributed by atoms with Gasteiger partial charge in [-0.3, -0.25) is 9.59 Å². The van der Waals surface area contributed by atoms with E-state index in [1.165, 1.54) is 4.74 Å². The molecule has 0 saturated heterocycles. The Hall–Kier alpha value is -3.72. The normalized spacial score (nSPS) is 14.0. The minimum absolute atomic E-state index is 0.0910. The lowest BCUT2D eigenvalue weighted by Gasteiger charge is -2.35. The summed E-state index contributed by atoms with van der Waals surface area (Å²) in [5.41, 5.74) is 10.2. The summed E-state index contributed by atoms with van der Waals surface area (Å²) in [6.07, 6.45) is 1.75. The van der Waals surface area contributed by atoms with Crippen molar-refractivity contribution in [1.29, 1.82) is 0 Å². The number of carbonyl (C=O) groups is 2. The molecule has 0 unspecified atom stereocenters. The molecule has 9 nitrogen and oxygen atoms in total. The van der Waals surface area contributed by atoms with Crippen molar-refractivity contribution >= 4 is 11.8 Å². The van der Waals surface area contributed by atoms with Gasteiger partial charge in [0.15, 0.2) is 5.82 Å². The van der Waals surface area contributed by atoms with Crippen LogP contribution >= 0.6 is 0 Å². The maximum absolute atomic E-state index is 12.7. The van der Waals surface area contributed by atoms with Crippen molar-refractivity contribution < 1.29 is 14.1 Å². The second kappa shape index (κ2) is 9.14. The molecule has 0 saturated carbocycles. The zero-order valence-corrected chi connectivity index (χ0v) is 20.8. The first kappa shape index (κ1) is 24.4. The first-order valence-electron chi connectivity index (χ1n) is 11.5. The quantitative estimate of drug-likeness (QED) is 0.596. The van der Waals surface area contributed by atoms with E-state index < -0.39 is 11.2 Å². The third kappa shape index (κ3) is 4.05. The summed E-state index contributed by atoms with van der Waals surface area (Å²) in [6.45, 7) is 0.316. The summed E-state index contributed by atoms with van der Waals surface area (Å²) >= 11 is 0. The minimum atomic E-state index is -0.893. The number of nitrogens with two attached hydrogens (primary N) is 1. The van der Waals surface area contributed by atoms with Gasteiger partial charge in [0.2, 0.25) is 0 Å². The Morgan fingerprint density at radius 1 is 0.971 bits per heavy atom. The molecule has 2 N–H and O–H groups in total. The van der Waals surface area contributed by atoms with E-state index in [-0.39, 0.29) is 11.8 Å². The number of carbonyl (C=O) groups excluding carboxylic acids is 2. The second-order valence-electron chi connectivity index (χ2n) is 9.38. The van der Waals surface area contributed by atoms with E-state index in [9.17, 15) is 14.4 Å². The van der Waals surface area contributed by atoms with Crippen LogP contribution in [0.4, 0.5) is 0 Å². The number of benzene rings is 2. The van der Waals surface area contributed by atoms with Gasteiger partial charge in [-0.2, -0.15) is 9.72 Å². The number of rotatable bonds is 5. The van der Waals surface area contributed by atoms with E-state index in [1.54, 1.807) is 57.2 Å². The van der Waals surface area contributed by atoms with Gasteiger partial charge in [0, 0.05) is 46.4 Å². The van der Waals surface area contributed by atoms with Crippen molar-refractivity contribution in [1.82, 2.24) is 19.5 Å². The lowest BCUT2D eigenvalue weighted by Crippen LogP contribution is -2.36. The predicted molar refractivity (Wildman–Crippen MR) is 132 cm³/mol. The molecule has 3 aromatic rings. The topological polar surface area (TPSA) is 115 Å². The van der Waals surface area contributed by atoms with Crippen LogP contribution in [0.2, 0.25) is 0 Å². The zero-order valence-electron chi connectivity index (χ0n) is 20.8. The summed E-state index contributed by atoms with van der Waals surface area (Å²) < 4.78 is 6.68. The molecule has 1 aromatic heterocycles. The van der Waals surface area contributed by atoms with Crippen molar-refractivity contribution in [3.05, 3.63) is 86.2 Å². The smallest absolute Gasteiger partial charge is 0.345 e. The van der Waals surface area contributed by atoms with Gasteiger partial charge in [-0.1, -0.05) is 12.1 Å². The highest BCUT2D eigenvalue weighted by atomic mass is 16.5. The molecule has 0 radical (unpaired) electrons. The van der Waals surface area contributed by atoms with Crippen LogP contribution in [-0.2, 0) is 25.3 Å².